The van der Waals surface area contributed by atoms with Crippen LogP contribution in [0.25, 0.3) is 10.8 Å². The first-order valence-corrected chi connectivity index (χ1v) is 18.6. The highest BCUT2D eigenvalue weighted by atomic mass is 32.2. The molecular formula is C39H43N5O6S. The molecule has 0 spiro atoms. The van der Waals surface area contributed by atoms with Gasteiger partial charge in [-0.25, -0.2) is 13.4 Å². The summed E-state index contributed by atoms with van der Waals surface area (Å²) >= 11 is 0. The van der Waals surface area contributed by atoms with E-state index in [9.17, 15) is 13.2 Å². The Kier molecular flexibility index (Phi) is 9.38. The van der Waals surface area contributed by atoms with Gasteiger partial charge in [-0.15, -0.1) is 0 Å². The zero-order valence-corrected chi connectivity index (χ0v) is 29.9. The maximum atomic E-state index is 14.1. The molecule has 2 aliphatic heterocycles. The molecule has 0 radical (unpaired) electrons. The fraction of sp³-hybridized carbons (Fsp3) is 0.333. The van der Waals surface area contributed by atoms with Crippen molar-refractivity contribution in [2.45, 2.75) is 31.3 Å². The van der Waals surface area contributed by atoms with E-state index in [2.05, 4.69) is 15.6 Å². The first kappa shape index (κ1) is 34.4. The van der Waals surface area contributed by atoms with Gasteiger partial charge in [-0.3, -0.25) is 4.79 Å². The van der Waals surface area contributed by atoms with Gasteiger partial charge in [-0.05, 0) is 55.2 Å². The molecule has 1 aliphatic carbocycles. The number of anilines is 2. The Balaban J connectivity index is 1.10. The minimum Gasteiger partial charge on any atom is -0.497 e. The van der Waals surface area contributed by atoms with Crippen LogP contribution in [0, 0.1) is 5.41 Å². The molecule has 1 saturated carbocycles. The quantitative estimate of drug-likeness (QED) is 0.146. The summed E-state index contributed by atoms with van der Waals surface area (Å²) in [5, 5.41) is 9.02. The number of pyridine rings is 2. The minimum absolute atomic E-state index is 0.0262. The molecule has 8 rings (SSSR count). The summed E-state index contributed by atoms with van der Waals surface area (Å²) in [6.07, 6.45) is 5.21. The number of fused-ring (bicyclic) bond motifs is 2. The fourth-order valence-electron chi connectivity index (χ4n) is 7.66. The second-order valence-corrected chi connectivity index (χ2v) is 15.7. The number of rotatable bonds is 15. The second kappa shape index (κ2) is 13.9. The van der Waals surface area contributed by atoms with Gasteiger partial charge in [0.2, 0.25) is 10.0 Å². The van der Waals surface area contributed by atoms with Crippen LogP contribution in [0.2, 0.25) is 0 Å². The van der Waals surface area contributed by atoms with Crippen LogP contribution in [0.5, 0.6) is 17.2 Å². The Labute approximate surface area is 298 Å². The standard InChI is InChI=1S/C39H43N5O6S/c1-43-18-15-31(21-36(43)45)50-27-38-23-39(24-38,44(26-38)51(46,47)19-16-28-8-5-4-6-9-28)25-42-34-11-7-10-33-32(34)14-17-40-37(33)41-22-29-12-13-30(48-2)20-35(29)49-3/h4-15,17-18,20-21,42H,16,19,22-27H2,1-3H3,(H,40,41). The molecule has 2 N–H and O–H groups in total. The number of nitrogens with one attached hydrogen (secondary N) is 2. The third kappa shape index (κ3) is 6.98. The molecular weight excluding hydrogens is 667 g/mol. The zero-order valence-electron chi connectivity index (χ0n) is 29.1. The Hall–Kier alpha value is -5.07. The largest absolute Gasteiger partial charge is 0.497 e. The van der Waals surface area contributed by atoms with Crippen LogP contribution in [0.15, 0.2) is 102 Å². The lowest BCUT2D eigenvalue weighted by molar-refractivity contribution is 0.0509. The molecule has 3 aromatic carbocycles. The number of ether oxygens (including phenoxy) is 3. The number of aromatic nitrogens is 2. The molecule has 3 fully saturated rings. The van der Waals surface area contributed by atoms with Gasteiger partial charge in [0.1, 0.15) is 23.1 Å². The monoisotopic (exact) mass is 709 g/mol. The minimum atomic E-state index is -3.61. The predicted octanol–water partition coefficient (Wildman–Crippen LogP) is 5.46. The molecule has 51 heavy (non-hydrogen) atoms. The molecule has 2 bridgehead atoms. The van der Waals surface area contributed by atoms with E-state index in [0.717, 1.165) is 44.9 Å². The summed E-state index contributed by atoms with van der Waals surface area (Å²) in [6.45, 7) is 1.65. The highest BCUT2D eigenvalue weighted by Gasteiger charge is 2.68. The van der Waals surface area contributed by atoms with E-state index in [4.69, 9.17) is 14.2 Å². The summed E-state index contributed by atoms with van der Waals surface area (Å²) in [6, 6.07) is 26.7. The number of methoxy groups -OCH3 is 2. The summed E-state index contributed by atoms with van der Waals surface area (Å²) in [4.78, 5) is 16.8. The Morgan fingerprint density at radius 3 is 2.47 bits per heavy atom. The molecule has 3 aliphatic rings. The summed E-state index contributed by atoms with van der Waals surface area (Å²) in [5.74, 6) is 2.69. The second-order valence-electron chi connectivity index (χ2n) is 13.7. The number of hydrogen-bond donors (Lipinski definition) is 2. The number of benzene rings is 3. The van der Waals surface area contributed by atoms with Crippen molar-refractivity contribution in [3.8, 4) is 17.2 Å². The molecule has 0 atom stereocenters. The van der Waals surface area contributed by atoms with E-state index in [1.54, 1.807) is 44.0 Å². The van der Waals surface area contributed by atoms with Gasteiger partial charge in [0, 0.05) is 78.6 Å². The molecule has 2 saturated heterocycles. The van der Waals surface area contributed by atoms with Gasteiger partial charge in [0.15, 0.2) is 0 Å². The average Bonchev–Trinajstić information content (AvgIpc) is 3.65. The number of nitrogens with zero attached hydrogens (tertiary/aromatic N) is 3. The third-order valence-electron chi connectivity index (χ3n) is 10.2. The Bertz CT molecular complexity index is 2200. The lowest BCUT2D eigenvalue weighted by Gasteiger charge is -2.47. The fourth-order valence-corrected chi connectivity index (χ4v) is 9.62. The smallest absolute Gasteiger partial charge is 0.253 e. The van der Waals surface area contributed by atoms with Gasteiger partial charge in [0.25, 0.3) is 5.56 Å². The maximum Gasteiger partial charge on any atom is 0.253 e. The van der Waals surface area contributed by atoms with Crippen molar-refractivity contribution in [1.82, 2.24) is 13.9 Å². The molecule has 0 amide bonds. The van der Waals surface area contributed by atoms with Crippen molar-refractivity contribution in [3.05, 3.63) is 119 Å². The van der Waals surface area contributed by atoms with E-state index < -0.39 is 15.6 Å². The highest BCUT2D eigenvalue weighted by Crippen LogP contribution is 2.60. The van der Waals surface area contributed by atoms with Gasteiger partial charge >= 0.3 is 0 Å². The predicted molar refractivity (Wildman–Crippen MR) is 199 cm³/mol. The van der Waals surface area contributed by atoms with Crippen molar-refractivity contribution >= 4 is 32.3 Å². The lowest BCUT2D eigenvalue weighted by atomic mass is 9.62. The van der Waals surface area contributed by atoms with Crippen molar-refractivity contribution in [1.29, 1.82) is 0 Å². The molecule has 4 heterocycles. The van der Waals surface area contributed by atoms with Crippen molar-refractivity contribution in [2.24, 2.45) is 12.5 Å². The average molecular weight is 710 g/mol. The molecule has 12 heteroatoms. The topological polar surface area (TPSA) is 124 Å². The van der Waals surface area contributed by atoms with E-state index in [-0.39, 0.29) is 16.7 Å². The van der Waals surface area contributed by atoms with E-state index in [0.29, 0.717) is 51.3 Å². The van der Waals surface area contributed by atoms with Gasteiger partial charge in [-0.2, -0.15) is 4.31 Å². The first-order valence-electron chi connectivity index (χ1n) is 17.0. The maximum absolute atomic E-state index is 14.1. The molecule has 11 nitrogen and oxygen atoms in total. The normalized spacial score (nSPS) is 19.7. The van der Waals surface area contributed by atoms with Crippen LogP contribution in [0.3, 0.4) is 0 Å². The van der Waals surface area contributed by atoms with E-state index in [1.807, 2.05) is 72.8 Å². The number of sulfonamides is 1. The van der Waals surface area contributed by atoms with Crippen LogP contribution < -0.4 is 30.4 Å². The van der Waals surface area contributed by atoms with E-state index >= 15 is 0 Å². The summed E-state index contributed by atoms with van der Waals surface area (Å²) in [5.41, 5.74) is 1.75. The van der Waals surface area contributed by atoms with Crippen LogP contribution in [0.1, 0.15) is 24.0 Å². The lowest BCUT2D eigenvalue weighted by Crippen LogP contribution is -2.56. The van der Waals surface area contributed by atoms with Gasteiger partial charge < -0.3 is 29.4 Å². The van der Waals surface area contributed by atoms with Crippen molar-refractivity contribution < 1.29 is 22.6 Å². The molecule has 5 aromatic rings. The first-order chi connectivity index (χ1) is 24.6. The Morgan fingerprint density at radius 2 is 1.71 bits per heavy atom. The highest BCUT2D eigenvalue weighted by molar-refractivity contribution is 7.89. The molecule has 0 unspecified atom stereocenters. The number of hydrogen-bond acceptors (Lipinski definition) is 9. The van der Waals surface area contributed by atoms with Crippen LogP contribution in [-0.2, 0) is 30.0 Å². The van der Waals surface area contributed by atoms with Crippen LogP contribution >= 0.6 is 0 Å². The van der Waals surface area contributed by atoms with Gasteiger partial charge in [0.05, 0.1) is 32.1 Å². The Morgan fingerprint density at radius 1 is 0.882 bits per heavy atom. The zero-order chi connectivity index (χ0) is 35.6. The number of aryl methyl sites for hydroxylation is 2. The van der Waals surface area contributed by atoms with Crippen LogP contribution in [-0.4, -0.2) is 67.5 Å². The van der Waals surface area contributed by atoms with E-state index in [1.165, 1.54) is 10.6 Å². The van der Waals surface area contributed by atoms with Gasteiger partial charge in [-0.1, -0.05) is 42.5 Å². The van der Waals surface area contributed by atoms with Crippen molar-refractivity contribution in [3.63, 3.8) is 0 Å². The summed E-state index contributed by atoms with van der Waals surface area (Å²) < 4.78 is 48.4. The SMILES string of the molecule is COc1ccc(CNc2nccc3c(NCC45CC(COc6ccn(C)c(=O)c6)(CN4S(=O)(=O)CCc4ccccc4)C5)cccc23)c(OC)c1. The summed E-state index contributed by atoms with van der Waals surface area (Å²) in [7, 11) is 1.34. The van der Waals surface area contributed by atoms with Crippen molar-refractivity contribution in [2.75, 3.05) is 50.3 Å². The molecule has 2 aromatic heterocycles. The molecule has 266 valence electrons. The van der Waals surface area contributed by atoms with Crippen LogP contribution in [0.4, 0.5) is 11.5 Å². The third-order valence-corrected chi connectivity index (χ3v) is 12.1.